The fraction of sp³-hybridized carbons (Fsp3) is 0.375. The first-order valence-corrected chi connectivity index (χ1v) is 6.91. The predicted octanol–water partition coefficient (Wildman–Crippen LogP) is 6.36. The zero-order chi connectivity index (χ0) is 16.5. The first kappa shape index (κ1) is 23.3. The predicted molar refractivity (Wildman–Crippen MR) is 82.4 cm³/mol. The summed E-state index contributed by atoms with van der Waals surface area (Å²) in [6, 6.07) is 16.9. The number of rotatable bonds is 2. The van der Waals surface area contributed by atoms with Crippen LogP contribution in [0.1, 0.15) is 50.7 Å². The zero-order valence-electron chi connectivity index (χ0n) is 13.2. The van der Waals surface area contributed by atoms with Gasteiger partial charge < -0.3 is 17.3 Å². The van der Waals surface area contributed by atoms with E-state index < -0.39 is 7.25 Å². The van der Waals surface area contributed by atoms with Crippen LogP contribution in [-0.4, -0.2) is 7.25 Å². The Hall–Kier alpha value is -0.996. The Labute approximate surface area is 141 Å². The Kier molecular flexibility index (Phi) is 12.2. The maximum atomic E-state index is 9.75. The molecular weight excluding hydrogens is 335 g/mol. The van der Waals surface area contributed by atoms with Crippen molar-refractivity contribution in [2.24, 2.45) is 0 Å². The van der Waals surface area contributed by atoms with Crippen molar-refractivity contribution in [1.29, 1.82) is 0 Å². The molecule has 0 aliphatic heterocycles. The Morgan fingerprint density at radius 1 is 0.636 bits per heavy atom. The van der Waals surface area contributed by atoms with Crippen molar-refractivity contribution in [1.82, 2.24) is 0 Å². The van der Waals surface area contributed by atoms with Crippen molar-refractivity contribution in [3.05, 3.63) is 59.7 Å². The zero-order valence-corrected chi connectivity index (χ0v) is 14.3. The average molecular weight is 357 g/mol. The molecular formula is C16H22BF4Fe. The summed E-state index contributed by atoms with van der Waals surface area (Å²) >= 11 is 0. The van der Waals surface area contributed by atoms with E-state index >= 15 is 0 Å². The van der Waals surface area contributed by atoms with Crippen molar-refractivity contribution in [3.63, 3.8) is 0 Å². The Bertz CT molecular complexity index is 401. The van der Waals surface area contributed by atoms with Gasteiger partial charge >= 0.3 is 24.3 Å². The van der Waals surface area contributed by atoms with Crippen LogP contribution >= 0.6 is 0 Å². The Morgan fingerprint density at radius 2 is 0.818 bits per heavy atom. The van der Waals surface area contributed by atoms with Gasteiger partial charge in [0, 0.05) is 0 Å². The number of hydrogen-bond donors (Lipinski definition) is 0. The van der Waals surface area contributed by atoms with Crippen LogP contribution in [0.4, 0.5) is 17.3 Å². The van der Waals surface area contributed by atoms with Crippen LogP contribution in [0.2, 0.25) is 0 Å². The molecule has 2 aromatic rings. The van der Waals surface area contributed by atoms with E-state index in [0.29, 0.717) is 11.8 Å². The average Bonchev–Trinajstić information content (AvgIpc) is 3.02. The second kappa shape index (κ2) is 11.6. The van der Waals surface area contributed by atoms with Crippen molar-refractivity contribution in [2.75, 3.05) is 0 Å². The van der Waals surface area contributed by atoms with Crippen LogP contribution in [-0.2, 0) is 17.1 Å². The van der Waals surface area contributed by atoms with Crippen LogP contribution in [0.15, 0.2) is 48.5 Å². The quantitative estimate of drug-likeness (QED) is 0.334. The van der Waals surface area contributed by atoms with Crippen LogP contribution in [0.3, 0.4) is 0 Å². The molecule has 6 heteroatoms. The van der Waals surface area contributed by atoms with Crippen LogP contribution < -0.4 is 0 Å². The van der Waals surface area contributed by atoms with Gasteiger partial charge in [-0.1, -0.05) is 39.5 Å². The van der Waals surface area contributed by atoms with Crippen LogP contribution in [0.5, 0.6) is 0 Å². The monoisotopic (exact) mass is 357 g/mol. The minimum atomic E-state index is -6.00. The summed E-state index contributed by atoms with van der Waals surface area (Å²) in [5.41, 5.74) is 2.87. The number of hydrogen-bond acceptors (Lipinski definition) is 0. The summed E-state index contributed by atoms with van der Waals surface area (Å²) < 4.78 is 39.0. The van der Waals surface area contributed by atoms with E-state index in [-0.39, 0.29) is 17.1 Å². The molecule has 0 aromatic heterocycles. The van der Waals surface area contributed by atoms with Gasteiger partial charge in [-0.15, -0.1) is 0 Å². The molecule has 0 aliphatic carbocycles. The third kappa shape index (κ3) is 14.0. The third-order valence-electron chi connectivity index (χ3n) is 2.71. The fourth-order valence-corrected chi connectivity index (χ4v) is 1.55. The van der Waals surface area contributed by atoms with Crippen LogP contribution in [0, 0.1) is 0 Å². The Morgan fingerprint density at radius 3 is 0.909 bits per heavy atom. The minimum absolute atomic E-state index is 0. The molecule has 0 nitrogen and oxygen atoms in total. The summed E-state index contributed by atoms with van der Waals surface area (Å²) in [7, 11) is -6.00. The summed E-state index contributed by atoms with van der Waals surface area (Å²) in [6.07, 6.45) is 0. The smallest absolute Gasteiger partial charge is 0.418 e. The Balaban J connectivity index is 0. The molecule has 0 fully saturated rings. The molecule has 0 amide bonds. The summed E-state index contributed by atoms with van der Waals surface area (Å²) in [5, 5.41) is 0. The van der Waals surface area contributed by atoms with E-state index in [1.54, 1.807) is 0 Å². The van der Waals surface area contributed by atoms with Crippen LogP contribution in [0.25, 0.3) is 0 Å². The SMILES string of the molecule is CC(C)[c-]1cccc1.CC(C)[c-]1cccc1.F[B-](F)(F)F.[Fe+3]. The first-order chi connectivity index (χ1) is 9.61. The van der Waals surface area contributed by atoms with Gasteiger partial charge in [-0.2, -0.15) is 35.4 Å². The molecule has 22 heavy (non-hydrogen) atoms. The second-order valence-electron chi connectivity index (χ2n) is 5.24. The standard InChI is InChI=1S/2C8H11.BF4.Fe/c2*1-7(2)8-5-3-4-6-8;2-1(3,4)5;/h2*3-7H,1-2H3;;/q3*-1;+3. The maximum absolute atomic E-state index is 9.75. The van der Waals surface area contributed by atoms with Crippen molar-refractivity contribution in [3.8, 4) is 0 Å². The molecule has 2 rings (SSSR count). The molecule has 0 saturated heterocycles. The minimum Gasteiger partial charge on any atom is -0.418 e. The first-order valence-electron chi connectivity index (χ1n) is 6.91. The van der Waals surface area contributed by atoms with Crippen molar-refractivity contribution >= 4 is 7.25 Å². The molecule has 0 atom stereocenters. The molecule has 0 saturated carbocycles. The largest absolute Gasteiger partial charge is 3.00 e. The normalized spacial score (nSPS) is 10.3. The number of halogens is 4. The van der Waals surface area contributed by atoms with Gasteiger partial charge in [0.1, 0.15) is 0 Å². The summed E-state index contributed by atoms with van der Waals surface area (Å²) in [4.78, 5) is 0. The summed E-state index contributed by atoms with van der Waals surface area (Å²) in [5.74, 6) is 1.37. The molecule has 0 spiro atoms. The van der Waals surface area contributed by atoms with Crippen molar-refractivity contribution < 1.29 is 34.3 Å². The maximum Gasteiger partial charge on any atom is 3.00 e. The van der Waals surface area contributed by atoms with E-state index in [1.807, 2.05) is 0 Å². The molecule has 125 valence electrons. The molecule has 0 N–H and O–H groups in total. The third-order valence-corrected chi connectivity index (χ3v) is 2.71. The van der Waals surface area contributed by atoms with E-state index in [0.717, 1.165) is 0 Å². The molecule has 2 aromatic carbocycles. The fourth-order valence-electron chi connectivity index (χ4n) is 1.55. The molecule has 0 aliphatic rings. The van der Waals surface area contributed by atoms with E-state index in [9.17, 15) is 17.3 Å². The molecule has 0 bridgehead atoms. The van der Waals surface area contributed by atoms with Gasteiger partial charge in [0.05, 0.1) is 0 Å². The topological polar surface area (TPSA) is 0 Å². The van der Waals surface area contributed by atoms with Gasteiger partial charge in [0.25, 0.3) is 0 Å². The van der Waals surface area contributed by atoms with E-state index in [4.69, 9.17) is 0 Å². The van der Waals surface area contributed by atoms with Gasteiger partial charge in [-0.05, 0) is 0 Å². The summed E-state index contributed by atoms with van der Waals surface area (Å²) in [6.45, 7) is 8.81. The van der Waals surface area contributed by atoms with Gasteiger partial charge in [0.15, 0.2) is 0 Å². The molecule has 0 unspecified atom stereocenters. The van der Waals surface area contributed by atoms with E-state index in [2.05, 4.69) is 76.2 Å². The van der Waals surface area contributed by atoms with Gasteiger partial charge in [0.2, 0.25) is 0 Å². The van der Waals surface area contributed by atoms with Crippen molar-refractivity contribution in [2.45, 2.75) is 39.5 Å². The van der Waals surface area contributed by atoms with Gasteiger partial charge in [-0.25, -0.2) is 24.3 Å². The molecule has 0 heterocycles. The second-order valence-corrected chi connectivity index (χ2v) is 5.24. The van der Waals surface area contributed by atoms with Gasteiger partial charge in [-0.3, -0.25) is 0 Å². The molecule has 1 radical (unpaired) electrons. The van der Waals surface area contributed by atoms with E-state index in [1.165, 1.54) is 11.1 Å².